The summed E-state index contributed by atoms with van der Waals surface area (Å²) in [6.07, 6.45) is 37.7. The second-order valence-electron chi connectivity index (χ2n) is 11.3. The molecule has 1 unspecified atom stereocenters. The van der Waals surface area contributed by atoms with Gasteiger partial charge in [0.25, 0.3) is 0 Å². The number of carboxylic acid groups (broad SMARTS) is 1. The van der Waals surface area contributed by atoms with E-state index in [-0.39, 0.29) is 18.5 Å². The molecule has 0 aromatic heterocycles. The molecule has 0 aliphatic rings. The monoisotopic (exact) mass is 548 g/mol. The van der Waals surface area contributed by atoms with E-state index in [0.29, 0.717) is 6.42 Å². The summed E-state index contributed by atoms with van der Waals surface area (Å²) in [6, 6.07) is 0. The molecule has 0 aromatic carbocycles. The van der Waals surface area contributed by atoms with Crippen molar-refractivity contribution in [3.63, 3.8) is 0 Å². The summed E-state index contributed by atoms with van der Waals surface area (Å²) in [5.74, 6) is -0.718. The lowest BCUT2D eigenvalue weighted by Gasteiger charge is -2.18. The number of allylic oxidation sites excluding steroid dienone is 4. The third-order valence-corrected chi connectivity index (χ3v) is 7.43. The number of carbonyl (C=O) groups excluding carboxylic acids is 1. The number of carboxylic acids is 1. The minimum Gasteiger partial charge on any atom is -0.481 e. The molecular weight excluding hydrogens is 484 g/mol. The van der Waals surface area contributed by atoms with Crippen LogP contribution >= 0.6 is 0 Å². The number of ether oxygens (including phenoxy) is 1. The van der Waals surface area contributed by atoms with E-state index in [2.05, 4.69) is 38.2 Å². The maximum absolute atomic E-state index is 12.5. The van der Waals surface area contributed by atoms with Crippen molar-refractivity contribution in [2.45, 2.75) is 187 Å². The summed E-state index contributed by atoms with van der Waals surface area (Å²) >= 11 is 0. The Labute approximate surface area is 242 Å². The van der Waals surface area contributed by atoms with E-state index in [1.165, 1.54) is 83.5 Å². The van der Waals surface area contributed by atoms with Gasteiger partial charge in [-0.05, 0) is 70.6 Å². The highest BCUT2D eigenvalue weighted by atomic mass is 16.5. The summed E-state index contributed by atoms with van der Waals surface area (Å²) < 4.78 is 5.89. The number of unbranched alkanes of at least 4 members (excludes halogenated alkanes) is 17. The fourth-order valence-corrected chi connectivity index (χ4v) is 4.92. The zero-order valence-corrected chi connectivity index (χ0v) is 25.9. The number of rotatable bonds is 30. The van der Waals surface area contributed by atoms with Crippen LogP contribution in [0.5, 0.6) is 0 Å². The standard InChI is InChI=1S/C35H64O4/c1-3-5-7-9-10-11-12-13-14-15-16-17-18-19-20-24-28-32-35(38)39-33(29-25-8-6-4-2)30-26-22-21-23-27-31-34(36)37/h10-11,13-14,33H,3-9,12,15-32H2,1-2H3,(H,36,37)/b11-10-,14-13-. The van der Waals surface area contributed by atoms with E-state index >= 15 is 0 Å². The van der Waals surface area contributed by atoms with Crippen LogP contribution in [0.25, 0.3) is 0 Å². The van der Waals surface area contributed by atoms with Gasteiger partial charge in [-0.1, -0.05) is 122 Å². The second kappa shape index (κ2) is 31.0. The average Bonchev–Trinajstić information content (AvgIpc) is 2.91. The molecule has 0 rings (SSSR count). The molecule has 1 atom stereocenters. The Bertz CT molecular complexity index is 595. The normalized spacial score (nSPS) is 12.5. The summed E-state index contributed by atoms with van der Waals surface area (Å²) in [5.41, 5.74) is 0. The molecule has 0 saturated carbocycles. The Morgan fingerprint density at radius 3 is 1.56 bits per heavy atom. The number of carbonyl (C=O) groups is 2. The molecule has 0 heterocycles. The fourth-order valence-electron chi connectivity index (χ4n) is 4.92. The maximum Gasteiger partial charge on any atom is 0.306 e. The lowest BCUT2D eigenvalue weighted by atomic mass is 10.0. The first-order chi connectivity index (χ1) is 19.1. The van der Waals surface area contributed by atoms with Crippen LogP contribution in [0.2, 0.25) is 0 Å². The average molecular weight is 549 g/mol. The maximum atomic E-state index is 12.5. The Kier molecular flexibility index (Phi) is 29.7. The summed E-state index contributed by atoms with van der Waals surface area (Å²) in [6.45, 7) is 4.47. The van der Waals surface area contributed by atoms with Crippen molar-refractivity contribution in [1.29, 1.82) is 0 Å². The van der Waals surface area contributed by atoms with Gasteiger partial charge in [0.1, 0.15) is 6.10 Å². The predicted octanol–water partition coefficient (Wildman–Crippen LogP) is 11.3. The molecule has 228 valence electrons. The van der Waals surface area contributed by atoms with Crippen LogP contribution in [-0.2, 0) is 14.3 Å². The van der Waals surface area contributed by atoms with Crippen molar-refractivity contribution in [3.8, 4) is 0 Å². The topological polar surface area (TPSA) is 63.6 Å². The van der Waals surface area contributed by atoms with E-state index in [1.807, 2.05) is 0 Å². The van der Waals surface area contributed by atoms with Gasteiger partial charge in [-0.25, -0.2) is 0 Å². The molecular formula is C35H64O4. The molecule has 0 aliphatic carbocycles. The second-order valence-corrected chi connectivity index (χ2v) is 11.3. The number of hydrogen-bond donors (Lipinski definition) is 1. The lowest BCUT2D eigenvalue weighted by Crippen LogP contribution is -2.18. The molecule has 0 fully saturated rings. The zero-order chi connectivity index (χ0) is 28.7. The molecule has 0 bridgehead atoms. The fraction of sp³-hybridized carbons (Fsp3) is 0.829. The summed E-state index contributed by atoms with van der Waals surface area (Å²) in [4.78, 5) is 23.1. The lowest BCUT2D eigenvalue weighted by molar-refractivity contribution is -0.150. The predicted molar refractivity (Wildman–Crippen MR) is 167 cm³/mol. The Morgan fingerprint density at radius 2 is 1.00 bits per heavy atom. The van der Waals surface area contributed by atoms with Crippen molar-refractivity contribution in [1.82, 2.24) is 0 Å². The van der Waals surface area contributed by atoms with Crippen molar-refractivity contribution < 1.29 is 19.4 Å². The Balaban J connectivity index is 3.80. The van der Waals surface area contributed by atoms with Crippen LogP contribution < -0.4 is 0 Å². The molecule has 0 spiro atoms. The zero-order valence-electron chi connectivity index (χ0n) is 25.9. The van der Waals surface area contributed by atoms with Crippen molar-refractivity contribution in [2.75, 3.05) is 0 Å². The number of esters is 1. The van der Waals surface area contributed by atoms with E-state index in [9.17, 15) is 9.59 Å². The van der Waals surface area contributed by atoms with Gasteiger partial charge in [0, 0.05) is 12.8 Å². The van der Waals surface area contributed by atoms with Gasteiger partial charge in [-0.3, -0.25) is 9.59 Å². The van der Waals surface area contributed by atoms with Crippen LogP contribution in [0.3, 0.4) is 0 Å². The first-order valence-corrected chi connectivity index (χ1v) is 16.8. The van der Waals surface area contributed by atoms with Crippen LogP contribution in [-0.4, -0.2) is 23.1 Å². The van der Waals surface area contributed by atoms with Gasteiger partial charge in [0.2, 0.25) is 0 Å². The summed E-state index contributed by atoms with van der Waals surface area (Å²) in [5, 5.41) is 8.73. The van der Waals surface area contributed by atoms with E-state index in [0.717, 1.165) is 70.6 Å². The molecule has 4 heteroatoms. The molecule has 0 aromatic rings. The van der Waals surface area contributed by atoms with Gasteiger partial charge in [-0.2, -0.15) is 0 Å². The van der Waals surface area contributed by atoms with Crippen molar-refractivity contribution in [3.05, 3.63) is 24.3 Å². The molecule has 0 amide bonds. The smallest absolute Gasteiger partial charge is 0.306 e. The van der Waals surface area contributed by atoms with Crippen LogP contribution in [0.15, 0.2) is 24.3 Å². The van der Waals surface area contributed by atoms with Crippen LogP contribution in [0.1, 0.15) is 181 Å². The summed E-state index contributed by atoms with van der Waals surface area (Å²) in [7, 11) is 0. The van der Waals surface area contributed by atoms with Gasteiger partial charge in [0.05, 0.1) is 0 Å². The van der Waals surface area contributed by atoms with E-state index < -0.39 is 5.97 Å². The van der Waals surface area contributed by atoms with E-state index in [1.54, 1.807) is 0 Å². The quantitative estimate of drug-likeness (QED) is 0.0550. The SMILES string of the molecule is CCCCC/C=C\C/C=C\CCCCCCCCCC(=O)OC(CCCCCC)CCCCCCCC(=O)O. The number of hydrogen-bond acceptors (Lipinski definition) is 3. The molecule has 4 nitrogen and oxygen atoms in total. The molecule has 0 saturated heterocycles. The minimum atomic E-state index is -0.704. The first kappa shape index (κ1) is 37.4. The van der Waals surface area contributed by atoms with Gasteiger partial charge >= 0.3 is 11.9 Å². The van der Waals surface area contributed by atoms with Crippen LogP contribution in [0, 0.1) is 0 Å². The largest absolute Gasteiger partial charge is 0.481 e. The number of aliphatic carboxylic acids is 1. The Morgan fingerprint density at radius 1 is 0.564 bits per heavy atom. The molecule has 1 N–H and O–H groups in total. The van der Waals surface area contributed by atoms with E-state index in [4.69, 9.17) is 9.84 Å². The molecule has 39 heavy (non-hydrogen) atoms. The minimum absolute atomic E-state index is 0.0143. The van der Waals surface area contributed by atoms with Gasteiger partial charge in [-0.15, -0.1) is 0 Å². The first-order valence-electron chi connectivity index (χ1n) is 16.8. The molecule has 0 aliphatic heterocycles. The van der Waals surface area contributed by atoms with Crippen LogP contribution in [0.4, 0.5) is 0 Å². The highest BCUT2D eigenvalue weighted by Crippen LogP contribution is 2.18. The van der Waals surface area contributed by atoms with Gasteiger partial charge < -0.3 is 9.84 Å². The van der Waals surface area contributed by atoms with Gasteiger partial charge in [0.15, 0.2) is 0 Å². The highest BCUT2D eigenvalue weighted by Gasteiger charge is 2.14. The Hall–Kier alpha value is -1.58. The third kappa shape index (κ3) is 30.8. The molecule has 0 radical (unpaired) electrons. The van der Waals surface area contributed by atoms with Crippen molar-refractivity contribution >= 4 is 11.9 Å². The highest BCUT2D eigenvalue weighted by molar-refractivity contribution is 5.69. The third-order valence-electron chi connectivity index (χ3n) is 7.43. The van der Waals surface area contributed by atoms with Crippen molar-refractivity contribution in [2.24, 2.45) is 0 Å².